The van der Waals surface area contributed by atoms with Gasteiger partial charge in [-0.15, -0.1) is 0 Å². The molecule has 0 saturated heterocycles. The van der Waals surface area contributed by atoms with E-state index in [4.69, 9.17) is 5.73 Å². The Hall–Kier alpha value is -3.10. The van der Waals surface area contributed by atoms with Crippen LogP contribution >= 0.6 is 11.3 Å². The van der Waals surface area contributed by atoms with Crippen molar-refractivity contribution < 1.29 is 4.79 Å². The number of hydrogen-bond acceptors (Lipinski definition) is 4. The summed E-state index contributed by atoms with van der Waals surface area (Å²) in [6.45, 7) is 0. The van der Waals surface area contributed by atoms with Gasteiger partial charge in [-0.05, 0) is 17.7 Å². The minimum atomic E-state index is -0.261. The SMILES string of the molecule is N#Cc1c(NC(=O)c2ccccc2)sc(N)c1-c1ccccc1. The van der Waals surface area contributed by atoms with Crippen molar-refractivity contribution in [2.75, 3.05) is 11.1 Å². The monoisotopic (exact) mass is 319 g/mol. The molecule has 0 spiro atoms. The molecule has 1 heterocycles. The molecule has 0 saturated carbocycles. The second-order valence-electron chi connectivity index (χ2n) is 4.84. The second kappa shape index (κ2) is 6.34. The molecule has 2 aromatic carbocycles. The topological polar surface area (TPSA) is 78.9 Å². The summed E-state index contributed by atoms with van der Waals surface area (Å²) in [6, 6.07) is 20.5. The molecular weight excluding hydrogens is 306 g/mol. The number of nitrogens with one attached hydrogen (secondary N) is 1. The highest BCUT2D eigenvalue weighted by Gasteiger charge is 2.19. The number of benzene rings is 2. The predicted octanol–water partition coefficient (Wildman–Crippen LogP) is 4.12. The molecule has 3 aromatic rings. The van der Waals surface area contributed by atoms with E-state index >= 15 is 0 Å². The molecule has 0 bridgehead atoms. The molecular formula is C18H13N3OS. The summed E-state index contributed by atoms with van der Waals surface area (Å²) in [4.78, 5) is 12.3. The van der Waals surface area contributed by atoms with Gasteiger partial charge in [-0.1, -0.05) is 59.9 Å². The first-order valence-corrected chi connectivity index (χ1v) is 7.76. The maximum absolute atomic E-state index is 12.3. The van der Waals surface area contributed by atoms with Crippen LogP contribution < -0.4 is 11.1 Å². The number of carbonyl (C=O) groups excluding carboxylic acids is 1. The number of thiophene rings is 1. The molecule has 5 heteroatoms. The first-order chi connectivity index (χ1) is 11.2. The Balaban J connectivity index is 1.99. The zero-order valence-electron chi connectivity index (χ0n) is 12.1. The Morgan fingerprint density at radius 2 is 1.65 bits per heavy atom. The highest BCUT2D eigenvalue weighted by Crippen LogP contribution is 2.41. The van der Waals surface area contributed by atoms with Crippen molar-refractivity contribution in [2.24, 2.45) is 0 Å². The standard InChI is InChI=1S/C18H13N3OS/c19-11-14-15(12-7-3-1-4-8-12)16(20)23-18(14)21-17(22)13-9-5-2-6-10-13/h1-10H,20H2,(H,21,22). The van der Waals surface area contributed by atoms with Crippen LogP contribution in [-0.2, 0) is 0 Å². The second-order valence-corrected chi connectivity index (χ2v) is 5.90. The molecule has 3 rings (SSSR count). The molecule has 0 aliphatic rings. The summed E-state index contributed by atoms with van der Waals surface area (Å²) in [5, 5.41) is 13.3. The Bertz CT molecular complexity index is 880. The Kier molecular flexibility index (Phi) is 4.09. The third-order valence-corrected chi connectivity index (χ3v) is 4.31. The van der Waals surface area contributed by atoms with Crippen LogP contribution in [0.1, 0.15) is 15.9 Å². The van der Waals surface area contributed by atoms with Gasteiger partial charge in [0.15, 0.2) is 0 Å². The Morgan fingerprint density at radius 1 is 1.04 bits per heavy atom. The third kappa shape index (κ3) is 2.93. The summed E-state index contributed by atoms with van der Waals surface area (Å²) < 4.78 is 0. The predicted molar refractivity (Wildman–Crippen MR) is 93.3 cm³/mol. The number of nitriles is 1. The fourth-order valence-electron chi connectivity index (χ4n) is 2.30. The minimum Gasteiger partial charge on any atom is -0.390 e. The van der Waals surface area contributed by atoms with Crippen molar-refractivity contribution in [3.8, 4) is 17.2 Å². The van der Waals surface area contributed by atoms with E-state index in [0.717, 1.165) is 5.56 Å². The summed E-state index contributed by atoms with van der Waals surface area (Å²) in [6.07, 6.45) is 0. The van der Waals surface area contributed by atoms with E-state index in [9.17, 15) is 10.1 Å². The van der Waals surface area contributed by atoms with Gasteiger partial charge in [-0.25, -0.2) is 0 Å². The van der Waals surface area contributed by atoms with E-state index in [1.54, 1.807) is 24.3 Å². The fraction of sp³-hybridized carbons (Fsp3) is 0. The van der Waals surface area contributed by atoms with Crippen molar-refractivity contribution in [2.45, 2.75) is 0 Å². The first kappa shape index (κ1) is 14.8. The average Bonchev–Trinajstić information content (AvgIpc) is 2.91. The lowest BCUT2D eigenvalue weighted by molar-refractivity contribution is 0.102. The summed E-state index contributed by atoms with van der Waals surface area (Å²) in [5.41, 5.74) is 8.53. The zero-order chi connectivity index (χ0) is 16.2. The lowest BCUT2D eigenvalue weighted by Gasteiger charge is -2.04. The average molecular weight is 319 g/mol. The number of anilines is 2. The molecule has 1 amide bonds. The molecule has 23 heavy (non-hydrogen) atoms. The van der Waals surface area contributed by atoms with Gasteiger partial charge in [0.2, 0.25) is 0 Å². The minimum absolute atomic E-state index is 0.261. The number of amides is 1. The van der Waals surface area contributed by atoms with Crippen LogP contribution in [0.3, 0.4) is 0 Å². The first-order valence-electron chi connectivity index (χ1n) is 6.95. The van der Waals surface area contributed by atoms with Crippen LogP contribution in [0.15, 0.2) is 60.7 Å². The quantitative estimate of drug-likeness (QED) is 0.762. The number of carbonyl (C=O) groups is 1. The smallest absolute Gasteiger partial charge is 0.256 e. The number of hydrogen-bond donors (Lipinski definition) is 2. The van der Waals surface area contributed by atoms with Crippen LogP contribution in [0.4, 0.5) is 10.0 Å². The Labute approximate surface area is 137 Å². The van der Waals surface area contributed by atoms with Crippen molar-refractivity contribution >= 4 is 27.2 Å². The van der Waals surface area contributed by atoms with Gasteiger partial charge in [0.25, 0.3) is 5.91 Å². The van der Waals surface area contributed by atoms with E-state index in [0.29, 0.717) is 26.7 Å². The van der Waals surface area contributed by atoms with Gasteiger partial charge in [0.1, 0.15) is 11.1 Å². The van der Waals surface area contributed by atoms with Crippen molar-refractivity contribution in [1.29, 1.82) is 5.26 Å². The van der Waals surface area contributed by atoms with E-state index in [1.165, 1.54) is 11.3 Å². The van der Waals surface area contributed by atoms with Gasteiger partial charge >= 0.3 is 0 Å². The van der Waals surface area contributed by atoms with Crippen LogP contribution in [0.2, 0.25) is 0 Å². The third-order valence-electron chi connectivity index (χ3n) is 3.37. The van der Waals surface area contributed by atoms with E-state index < -0.39 is 0 Å². The van der Waals surface area contributed by atoms with Crippen LogP contribution in [0, 0.1) is 11.3 Å². The molecule has 0 aliphatic carbocycles. The fourth-order valence-corrected chi connectivity index (χ4v) is 3.24. The van der Waals surface area contributed by atoms with Crippen LogP contribution in [0.5, 0.6) is 0 Å². The number of nitrogens with two attached hydrogens (primary N) is 1. The number of nitrogen functional groups attached to an aromatic ring is 1. The molecule has 4 nitrogen and oxygen atoms in total. The van der Waals surface area contributed by atoms with E-state index in [1.807, 2.05) is 36.4 Å². The number of nitrogens with zero attached hydrogens (tertiary/aromatic N) is 1. The van der Waals surface area contributed by atoms with Gasteiger partial charge in [0.05, 0.1) is 10.6 Å². The summed E-state index contributed by atoms with van der Waals surface area (Å²) >= 11 is 1.21. The maximum Gasteiger partial charge on any atom is 0.256 e. The highest BCUT2D eigenvalue weighted by atomic mass is 32.1. The molecule has 0 fully saturated rings. The van der Waals surface area contributed by atoms with Crippen molar-refractivity contribution in [3.63, 3.8) is 0 Å². The van der Waals surface area contributed by atoms with Crippen molar-refractivity contribution in [1.82, 2.24) is 0 Å². The molecule has 0 radical (unpaired) electrons. The molecule has 112 valence electrons. The summed E-state index contributed by atoms with van der Waals surface area (Å²) in [7, 11) is 0. The maximum atomic E-state index is 12.3. The zero-order valence-corrected chi connectivity index (χ0v) is 12.9. The summed E-state index contributed by atoms with van der Waals surface area (Å²) in [5.74, 6) is -0.261. The van der Waals surface area contributed by atoms with Crippen LogP contribution in [0.25, 0.3) is 11.1 Å². The lowest BCUT2D eigenvalue weighted by Crippen LogP contribution is -2.11. The van der Waals surface area contributed by atoms with Gasteiger partial charge in [0, 0.05) is 11.1 Å². The normalized spacial score (nSPS) is 10.0. The van der Waals surface area contributed by atoms with E-state index in [2.05, 4.69) is 11.4 Å². The largest absolute Gasteiger partial charge is 0.390 e. The molecule has 1 aromatic heterocycles. The Morgan fingerprint density at radius 3 is 2.26 bits per heavy atom. The molecule has 0 aliphatic heterocycles. The molecule has 3 N–H and O–H groups in total. The van der Waals surface area contributed by atoms with Crippen LogP contribution in [-0.4, -0.2) is 5.91 Å². The molecule has 0 unspecified atom stereocenters. The van der Waals surface area contributed by atoms with E-state index in [-0.39, 0.29) is 5.91 Å². The number of rotatable bonds is 3. The lowest BCUT2D eigenvalue weighted by atomic mass is 10.0. The van der Waals surface area contributed by atoms with Gasteiger partial charge in [-0.3, -0.25) is 4.79 Å². The highest BCUT2D eigenvalue weighted by molar-refractivity contribution is 7.21. The van der Waals surface area contributed by atoms with Crippen molar-refractivity contribution in [3.05, 3.63) is 71.8 Å². The van der Waals surface area contributed by atoms with Gasteiger partial charge in [-0.2, -0.15) is 5.26 Å². The van der Waals surface area contributed by atoms with Gasteiger partial charge < -0.3 is 11.1 Å². The molecule has 0 atom stereocenters.